The van der Waals surface area contributed by atoms with Crippen molar-refractivity contribution < 1.29 is 4.79 Å². The molecule has 0 aromatic rings. The topological polar surface area (TPSA) is 17.1 Å². The Morgan fingerprint density at radius 2 is 1.35 bits per heavy atom. The normalized spacial score (nSPS) is 10.4. The molecule has 0 N–H and O–H groups in total. The Morgan fingerprint density at radius 3 is 1.53 bits per heavy atom. The maximum absolute atomic E-state index is 10.6. The van der Waals surface area contributed by atoms with Crippen LogP contribution in [0.15, 0.2) is 0 Å². The molecule has 17 heavy (non-hydrogen) atoms. The van der Waals surface area contributed by atoms with E-state index in [2.05, 4.69) is 34.6 Å². The first-order valence-corrected chi connectivity index (χ1v) is 7.57. The van der Waals surface area contributed by atoms with Gasteiger partial charge >= 0.3 is 0 Å². The van der Waals surface area contributed by atoms with Crippen LogP contribution in [0.1, 0.15) is 86.5 Å². The summed E-state index contributed by atoms with van der Waals surface area (Å²) < 4.78 is 0. The maximum Gasteiger partial charge on any atom is 0.132 e. The summed E-state index contributed by atoms with van der Waals surface area (Å²) in [6, 6.07) is 0. The maximum atomic E-state index is 10.6. The summed E-state index contributed by atoms with van der Waals surface area (Å²) in [7, 11) is 0. The Labute approximate surface area is 109 Å². The number of carbonyl (C=O) groups is 1. The first kappa shape index (κ1) is 19.0. The van der Waals surface area contributed by atoms with Crippen LogP contribution in [0.2, 0.25) is 0 Å². The van der Waals surface area contributed by atoms with E-state index in [4.69, 9.17) is 0 Å². The Bertz CT molecular complexity index is 155. The molecule has 0 aliphatic rings. The van der Waals surface area contributed by atoms with Gasteiger partial charge in [0.2, 0.25) is 0 Å². The minimum absolute atomic E-state index is 0.315. The second kappa shape index (κ2) is 13.7. The summed E-state index contributed by atoms with van der Waals surface area (Å²) in [5.41, 5.74) is 0. The SMILES string of the molecule is CCC(CC)C(C)=O.CCCCC(CC)CC. The van der Waals surface area contributed by atoms with Crippen molar-refractivity contribution in [2.24, 2.45) is 11.8 Å². The summed E-state index contributed by atoms with van der Waals surface area (Å²) in [6.07, 6.45) is 8.96. The fourth-order valence-corrected chi connectivity index (χ4v) is 2.05. The van der Waals surface area contributed by atoms with Gasteiger partial charge in [-0.2, -0.15) is 0 Å². The van der Waals surface area contributed by atoms with E-state index in [0.29, 0.717) is 11.7 Å². The highest BCUT2D eigenvalue weighted by Gasteiger charge is 2.06. The van der Waals surface area contributed by atoms with Crippen LogP contribution in [0.25, 0.3) is 0 Å². The highest BCUT2D eigenvalue weighted by molar-refractivity contribution is 5.78. The second-order valence-electron chi connectivity index (χ2n) is 4.95. The summed E-state index contributed by atoms with van der Waals surface area (Å²) in [5.74, 6) is 1.65. The summed E-state index contributed by atoms with van der Waals surface area (Å²) in [5, 5.41) is 0. The third-order valence-electron chi connectivity index (χ3n) is 3.68. The van der Waals surface area contributed by atoms with Crippen molar-refractivity contribution >= 4 is 5.78 Å². The smallest absolute Gasteiger partial charge is 0.132 e. The molecule has 0 saturated carbocycles. The lowest BCUT2D eigenvalue weighted by Gasteiger charge is -2.09. The van der Waals surface area contributed by atoms with E-state index in [-0.39, 0.29) is 0 Å². The van der Waals surface area contributed by atoms with Crippen LogP contribution >= 0.6 is 0 Å². The van der Waals surface area contributed by atoms with Crippen molar-refractivity contribution in [3.8, 4) is 0 Å². The monoisotopic (exact) mass is 242 g/mol. The van der Waals surface area contributed by atoms with Crippen molar-refractivity contribution in [2.45, 2.75) is 86.5 Å². The van der Waals surface area contributed by atoms with Gasteiger partial charge in [0, 0.05) is 5.92 Å². The molecule has 0 unspecified atom stereocenters. The Kier molecular flexibility index (Phi) is 15.4. The van der Waals surface area contributed by atoms with Crippen molar-refractivity contribution in [1.82, 2.24) is 0 Å². The molecule has 0 radical (unpaired) electrons. The van der Waals surface area contributed by atoms with E-state index in [0.717, 1.165) is 18.8 Å². The summed E-state index contributed by atoms with van der Waals surface area (Å²) >= 11 is 0. The van der Waals surface area contributed by atoms with E-state index in [1.54, 1.807) is 6.92 Å². The average Bonchev–Trinajstić information content (AvgIpc) is 2.32. The molecular weight excluding hydrogens is 208 g/mol. The number of carbonyl (C=O) groups excluding carboxylic acids is 1. The Hall–Kier alpha value is -0.330. The first-order valence-electron chi connectivity index (χ1n) is 7.57. The molecule has 0 aliphatic heterocycles. The van der Waals surface area contributed by atoms with Gasteiger partial charge in [-0.05, 0) is 25.7 Å². The molecule has 0 bridgehead atoms. The molecule has 0 aromatic heterocycles. The lowest BCUT2D eigenvalue weighted by molar-refractivity contribution is -0.120. The zero-order valence-electron chi connectivity index (χ0n) is 13.0. The van der Waals surface area contributed by atoms with Crippen LogP contribution < -0.4 is 0 Å². The molecule has 0 aromatic carbocycles. The van der Waals surface area contributed by atoms with Gasteiger partial charge in [0.15, 0.2) is 0 Å². The molecule has 0 aliphatic carbocycles. The molecular formula is C16H34O. The fraction of sp³-hybridized carbons (Fsp3) is 0.938. The molecule has 1 heteroatoms. The van der Waals surface area contributed by atoms with Gasteiger partial charge < -0.3 is 0 Å². The minimum Gasteiger partial charge on any atom is -0.300 e. The highest BCUT2D eigenvalue weighted by Crippen LogP contribution is 2.15. The first-order chi connectivity index (χ1) is 8.06. The molecule has 0 spiro atoms. The quantitative estimate of drug-likeness (QED) is 0.539. The number of ketones is 1. The van der Waals surface area contributed by atoms with E-state index >= 15 is 0 Å². The van der Waals surface area contributed by atoms with Crippen LogP contribution in [0.3, 0.4) is 0 Å². The molecule has 1 nitrogen and oxygen atoms in total. The standard InChI is InChI=1S/C9H20.C7H14O/c1-4-7-8-9(5-2)6-3;1-4-7(5-2)6(3)8/h9H,4-8H2,1-3H3;7H,4-5H2,1-3H3. The summed E-state index contributed by atoms with van der Waals surface area (Å²) in [4.78, 5) is 10.6. The van der Waals surface area contributed by atoms with Gasteiger partial charge in [0.1, 0.15) is 5.78 Å². The largest absolute Gasteiger partial charge is 0.300 e. The lowest BCUT2D eigenvalue weighted by atomic mass is 9.97. The van der Waals surface area contributed by atoms with Crippen LogP contribution in [-0.4, -0.2) is 5.78 Å². The number of unbranched alkanes of at least 4 members (excludes halogenated alkanes) is 1. The van der Waals surface area contributed by atoms with Gasteiger partial charge in [-0.3, -0.25) is 4.79 Å². The molecule has 0 atom stereocenters. The highest BCUT2D eigenvalue weighted by atomic mass is 16.1. The number of hydrogen-bond donors (Lipinski definition) is 0. The predicted octanol–water partition coefficient (Wildman–Crippen LogP) is 5.62. The Balaban J connectivity index is 0. The van der Waals surface area contributed by atoms with Crippen LogP contribution in [0.5, 0.6) is 0 Å². The van der Waals surface area contributed by atoms with E-state index in [1.165, 1.54) is 32.1 Å². The Morgan fingerprint density at radius 1 is 0.882 bits per heavy atom. The zero-order chi connectivity index (χ0) is 13.7. The van der Waals surface area contributed by atoms with Crippen molar-refractivity contribution in [1.29, 1.82) is 0 Å². The molecule has 0 amide bonds. The molecule has 0 rings (SSSR count). The van der Waals surface area contributed by atoms with Gasteiger partial charge in [-0.15, -0.1) is 0 Å². The van der Waals surface area contributed by atoms with Gasteiger partial charge in [0.05, 0.1) is 0 Å². The number of rotatable bonds is 8. The molecule has 104 valence electrons. The van der Waals surface area contributed by atoms with Crippen molar-refractivity contribution in [2.75, 3.05) is 0 Å². The van der Waals surface area contributed by atoms with Crippen molar-refractivity contribution in [3.63, 3.8) is 0 Å². The summed E-state index contributed by atoms with van der Waals surface area (Å²) in [6.45, 7) is 12.6. The van der Waals surface area contributed by atoms with Crippen LogP contribution in [0, 0.1) is 11.8 Å². The minimum atomic E-state index is 0.315. The number of Topliss-reactive ketones (excluding diaryl/α,β-unsaturated/α-hetero) is 1. The van der Waals surface area contributed by atoms with E-state index in [1.807, 2.05) is 0 Å². The molecule has 0 saturated heterocycles. The van der Waals surface area contributed by atoms with Gasteiger partial charge in [0.25, 0.3) is 0 Å². The molecule has 0 heterocycles. The third-order valence-corrected chi connectivity index (χ3v) is 3.68. The van der Waals surface area contributed by atoms with Crippen LogP contribution in [-0.2, 0) is 4.79 Å². The fourth-order valence-electron chi connectivity index (χ4n) is 2.05. The average molecular weight is 242 g/mol. The third kappa shape index (κ3) is 11.9. The zero-order valence-corrected chi connectivity index (χ0v) is 13.0. The van der Waals surface area contributed by atoms with E-state index in [9.17, 15) is 4.79 Å². The molecule has 0 fully saturated rings. The second-order valence-corrected chi connectivity index (χ2v) is 4.95. The predicted molar refractivity (Wildman–Crippen MR) is 78.4 cm³/mol. The number of hydrogen-bond acceptors (Lipinski definition) is 1. The van der Waals surface area contributed by atoms with Gasteiger partial charge in [-0.25, -0.2) is 0 Å². The van der Waals surface area contributed by atoms with E-state index < -0.39 is 0 Å². The van der Waals surface area contributed by atoms with Gasteiger partial charge in [-0.1, -0.05) is 66.7 Å². The van der Waals surface area contributed by atoms with Crippen LogP contribution in [0.4, 0.5) is 0 Å². The van der Waals surface area contributed by atoms with Crippen molar-refractivity contribution in [3.05, 3.63) is 0 Å². The lowest BCUT2D eigenvalue weighted by Crippen LogP contribution is -2.07.